The van der Waals surface area contributed by atoms with Crippen LogP contribution in [-0.2, 0) is 13.0 Å². The molecule has 0 aliphatic carbocycles. The summed E-state index contributed by atoms with van der Waals surface area (Å²) in [5, 5.41) is 21.7. The first-order valence-corrected chi connectivity index (χ1v) is 9.60. The van der Waals surface area contributed by atoms with Gasteiger partial charge in [0.25, 0.3) is 0 Å². The minimum Gasteiger partial charge on any atom is -0.508 e. The van der Waals surface area contributed by atoms with Gasteiger partial charge in [-0.1, -0.05) is 0 Å². The van der Waals surface area contributed by atoms with Crippen LogP contribution < -0.4 is 0 Å². The Bertz CT molecular complexity index is 890. The van der Waals surface area contributed by atoms with E-state index in [1.54, 1.807) is 12.1 Å². The van der Waals surface area contributed by atoms with E-state index in [1.807, 2.05) is 22.9 Å². The molecule has 0 amide bonds. The number of nitrogens with one attached hydrogen (secondary N) is 1. The largest absolute Gasteiger partial charge is 0.508 e. The summed E-state index contributed by atoms with van der Waals surface area (Å²) in [5.41, 5.74) is 2.64. The number of piperidine rings is 1. The highest BCUT2D eigenvalue weighted by atomic mass is 16.3. The summed E-state index contributed by atoms with van der Waals surface area (Å²) in [7, 11) is 2.18. The monoisotopic (exact) mass is 366 g/mol. The Kier molecular flexibility index (Phi) is 4.94. The Hall–Kier alpha value is -2.67. The molecule has 1 aliphatic rings. The van der Waals surface area contributed by atoms with E-state index >= 15 is 0 Å². The lowest BCUT2D eigenvalue weighted by atomic mass is 9.94. The van der Waals surface area contributed by atoms with Gasteiger partial charge in [-0.2, -0.15) is 10.2 Å². The van der Waals surface area contributed by atoms with E-state index in [2.05, 4.69) is 29.1 Å². The second-order valence-electron chi connectivity index (χ2n) is 7.33. The van der Waals surface area contributed by atoms with E-state index in [9.17, 15) is 5.11 Å². The van der Waals surface area contributed by atoms with Crippen LogP contribution in [-0.4, -0.2) is 55.1 Å². The normalized spacial score (nSPS) is 16.1. The van der Waals surface area contributed by atoms with Gasteiger partial charge in [-0.25, -0.2) is 9.67 Å². The van der Waals surface area contributed by atoms with Crippen molar-refractivity contribution >= 4 is 0 Å². The molecule has 0 bridgehead atoms. The molecule has 3 heterocycles. The SMILES string of the molecule is CCn1nc(CC2CCN(C)CC2)nc1-c1cc(-c2ccc(O)cc2)n[nH]1. The van der Waals surface area contributed by atoms with Gasteiger partial charge in [0.15, 0.2) is 11.6 Å². The van der Waals surface area contributed by atoms with Crippen molar-refractivity contribution in [2.45, 2.75) is 32.7 Å². The minimum atomic E-state index is 0.249. The van der Waals surface area contributed by atoms with Crippen molar-refractivity contribution in [3.8, 4) is 28.5 Å². The van der Waals surface area contributed by atoms with Crippen molar-refractivity contribution in [1.82, 2.24) is 29.9 Å². The van der Waals surface area contributed by atoms with E-state index in [0.717, 1.165) is 54.7 Å². The molecule has 1 aromatic carbocycles. The highest BCUT2D eigenvalue weighted by Crippen LogP contribution is 2.25. The smallest absolute Gasteiger partial charge is 0.176 e. The first-order chi connectivity index (χ1) is 13.1. The van der Waals surface area contributed by atoms with E-state index in [4.69, 9.17) is 10.1 Å². The molecule has 2 N–H and O–H groups in total. The molecule has 1 saturated heterocycles. The fourth-order valence-corrected chi connectivity index (χ4v) is 3.64. The number of phenols is 1. The number of aromatic hydroxyl groups is 1. The molecule has 0 saturated carbocycles. The Morgan fingerprint density at radius 1 is 1.19 bits per heavy atom. The summed E-state index contributed by atoms with van der Waals surface area (Å²) in [4.78, 5) is 7.20. The fraction of sp³-hybridized carbons (Fsp3) is 0.450. The van der Waals surface area contributed by atoms with Gasteiger partial charge in [0.1, 0.15) is 11.4 Å². The van der Waals surface area contributed by atoms with E-state index in [0.29, 0.717) is 5.92 Å². The molecule has 27 heavy (non-hydrogen) atoms. The summed E-state index contributed by atoms with van der Waals surface area (Å²) in [6.45, 7) is 5.16. The van der Waals surface area contributed by atoms with Gasteiger partial charge in [-0.3, -0.25) is 5.10 Å². The van der Waals surface area contributed by atoms with Gasteiger partial charge in [-0.15, -0.1) is 0 Å². The van der Waals surface area contributed by atoms with E-state index < -0.39 is 0 Å². The van der Waals surface area contributed by atoms with Crippen molar-refractivity contribution in [3.63, 3.8) is 0 Å². The molecule has 1 fully saturated rings. The van der Waals surface area contributed by atoms with Crippen LogP contribution in [0.1, 0.15) is 25.6 Å². The van der Waals surface area contributed by atoms with Crippen LogP contribution in [0, 0.1) is 5.92 Å². The lowest BCUT2D eigenvalue weighted by Crippen LogP contribution is -2.31. The third kappa shape index (κ3) is 3.88. The van der Waals surface area contributed by atoms with Gasteiger partial charge < -0.3 is 10.0 Å². The van der Waals surface area contributed by atoms with Crippen molar-refractivity contribution in [2.75, 3.05) is 20.1 Å². The highest BCUT2D eigenvalue weighted by molar-refractivity contribution is 5.65. The number of aryl methyl sites for hydroxylation is 1. The predicted octanol–water partition coefficient (Wildman–Crippen LogP) is 2.95. The quantitative estimate of drug-likeness (QED) is 0.725. The summed E-state index contributed by atoms with van der Waals surface area (Å²) >= 11 is 0. The number of nitrogens with zero attached hydrogens (tertiary/aromatic N) is 5. The van der Waals surface area contributed by atoms with Crippen LogP contribution in [0.25, 0.3) is 22.8 Å². The Balaban J connectivity index is 1.55. The number of hydrogen-bond donors (Lipinski definition) is 2. The van der Waals surface area contributed by atoms with Crippen LogP contribution in [0.3, 0.4) is 0 Å². The molecule has 0 spiro atoms. The number of benzene rings is 1. The first kappa shape index (κ1) is 17.7. The summed E-state index contributed by atoms with van der Waals surface area (Å²) in [6.07, 6.45) is 3.36. The maximum absolute atomic E-state index is 9.45. The predicted molar refractivity (Wildman–Crippen MR) is 104 cm³/mol. The molecule has 4 rings (SSSR count). The van der Waals surface area contributed by atoms with Crippen LogP contribution in [0.4, 0.5) is 0 Å². The van der Waals surface area contributed by atoms with Crippen molar-refractivity contribution in [2.24, 2.45) is 5.92 Å². The molecule has 0 unspecified atom stereocenters. The zero-order valence-corrected chi connectivity index (χ0v) is 15.9. The number of H-pyrrole nitrogens is 1. The van der Waals surface area contributed by atoms with Gasteiger partial charge >= 0.3 is 0 Å². The number of aromatic nitrogens is 5. The van der Waals surface area contributed by atoms with Crippen LogP contribution >= 0.6 is 0 Å². The Labute approximate surface area is 159 Å². The van der Waals surface area contributed by atoms with Crippen LogP contribution in [0.5, 0.6) is 5.75 Å². The molecular formula is C20H26N6O. The van der Waals surface area contributed by atoms with Gasteiger partial charge in [-0.05, 0) is 76.2 Å². The van der Waals surface area contributed by atoms with Gasteiger partial charge in [0.05, 0.1) is 5.69 Å². The third-order valence-corrected chi connectivity index (χ3v) is 5.31. The number of likely N-dealkylation sites (tertiary alicyclic amines) is 1. The molecule has 7 heteroatoms. The Morgan fingerprint density at radius 3 is 2.63 bits per heavy atom. The number of aromatic amines is 1. The molecule has 142 valence electrons. The topological polar surface area (TPSA) is 82.9 Å². The fourth-order valence-electron chi connectivity index (χ4n) is 3.64. The molecule has 2 aromatic heterocycles. The molecule has 7 nitrogen and oxygen atoms in total. The lowest BCUT2D eigenvalue weighted by molar-refractivity contribution is 0.217. The second-order valence-corrected chi connectivity index (χ2v) is 7.33. The molecular weight excluding hydrogens is 340 g/mol. The average molecular weight is 366 g/mol. The maximum Gasteiger partial charge on any atom is 0.176 e. The minimum absolute atomic E-state index is 0.249. The third-order valence-electron chi connectivity index (χ3n) is 5.31. The molecule has 3 aromatic rings. The summed E-state index contributed by atoms with van der Waals surface area (Å²) in [6, 6.07) is 9.02. The van der Waals surface area contributed by atoms with Crippen LogP contribution in [0.15, 0.2) is 30.3 Å². The number of rotatable bonds is 5. The highest BCUT2D eigenvalue weighted by Gasteiger charge is 2.21. The second kappa shape index (κ2) is 7.52. The maximum atomic E-state index is 9.45. The summed E-state index contributed by atoms with van der Waals surface area (Å²) < 4.78 is 1.94. The van der Waals surface area contributed by atoms with Crippen molar-refractivity contribution in [1.29, 1.82) is 0 Å². The first-order valence-electron chi connectivity index (χ1n) is 9.60. The number of phenolic OH excluding ortho intramolecular Hbond substituents is 1. The Morgan fingerprint density at radius 2 is 1.93 bits per heavy atom. The van der Waals surface area contributed by atoms with Crippen molar-refractivity contribution < 1.29 is 5.11 Å². The summed E-state index contributed by atoms with van der Waals surface area (Å²) in [5.74, 6) is 2.66. The van der Waals surface area contributed by atoms with E-state index in [1.165, 1.54) is 12.8 Å². The van der Waals surface area contributed by atoms with Gasteiger partial charge in [0.2, 0.25) is 0 Å². The molecule has 0 radical (unpaired) electrons. The van der Waals surface area contributed by atoms with E-state index in [-0.39, 0.29) is 5.75 Å². The van der Waals surface area contributed by atoms with Crippen molar-refractivity contribution in [3.05, 3.63) is 36.2 Å². The zero-order valence-electron chi connectivity index (χ0n) is 15.9. The molecule has 0 atom stereocenters. The zero-order chi connectivity index (χ0) is 18.8. The lowest BCUT2D eigenvalue weighted by Gasteiger charge is -2.28. The number of hydrogen-bond acceptors (Lipinski definition) is 5. The van der Waals surface area contributed by atoms with Crippen LogP contribution in [0.2, 0.25) is 0 Å². The standard InChI is InChI=1S/C20H26N6O/c1-3-26-20(21-19(24-26)12-14-8-10-25(2)11-9-14)18-13-17(22-23-18)15-4-6-16(27)7-5-15/h4-7,13-14,27H,3,8-12H2,1-2H3,(H,22,23). The molecule has 1 aliphatic heterocycles. The van der Waals surface area contributed by atoms with Gasteiger partial charge in [0, 0.05) is 18.5 Å². The average Bonchev–Trinajstić information content (AvgIpc) is 3.31.